The average molecular weight is 373 g/mol. The second kappa shape index (κ2) is 6.77. The highest BCUT2D eigenvalue weighted by Crippen LogP contribution is 2.24. The van der Waals surface area contributed by atoms with Gasteiger partial charge in [0.1, 0.15) is 22.5 Å². The normalized spacial score (nSPS) is 12.8. The van der Waals surface area contributed by atoms with Crippen LogP contribution in [0.4, 0.5) is 0 Å². The molecule has 1 atom stereocenters. The SMILES string of the molecule is Cn1cc(S(=O)(=O)NC(c2ccccc2)c2nccn2C)cc1C(N)=O. The number of nitrogens with zero attached hydrogens (tertiary/aromatic N) is 3. The highest BCUT2D eigenvalue weighted by Gasteiger charge is 2.27. The lowest BCUT2D eigenvalue weighted by Crippen LogP contribution is -2.31. The zero-order valence-corrected chi connectivity index (χ0v) is 15.1. The predicted octanol–water partition coefficient (Wildman–Crippen LogP) is 0.925. The molecule has 3 rings (SSSR count). The Bertz CT molecular complexity index is 1040. The van der Waals surface area contributed by atoms with Gasteiger partial charge in [-0.25, -0.2) is 13.4 Å². The predicted molar refractivity (Wildman–Crippen MR) is 95.7 cm³/mol. The van der Waals surface area contributed by atoms with E-state index in [0.717, 1.165) is 5.56 Å². The zero-order valence-electron chi connectivity index (χ0n) is 14.3. The van der Waals surface area contributed by atoms with Crippen LogP contribution in [0.5, 0.6) is 0 Å². The third-order valence-electron chi connectivity index (χ3n) is 4.07. The Morgan fingerprint density at radius 3 is 2.42 bits per heavy atom. The number of amides is 1. The molecule has 0 saturated heterocycles. The van der Waals surface area contributed by atoms with E-state index in [4.69, 9.17) is 5.73 Å². The van der Waals surface area contributed by atoms with Gasteiger partial charge in [-0.1, -0.05) is 30.3 Å². The molecule has 0 spiro atoms. The van der Waals surface area contributed by atoms with Gasteiger partial charge in [-0.2, -0.15) is 4.72 Å². The van der Waals surface area contributed by atoms with Crippen molar-refractivity contribution in [2.24, 2.45) is 19.8 Å². The lowest BCUT2D eigenvalue weighted by molar-refractivity contribution is 0.0992. The van der Waals surface area contributed by atoms with Crippen molar-refractivity contribution < 1.29 is 13.2 Å². The first-order valence-electron chi connectivity index (χ1n) is 7.80. The van der Waals surface area contributed by atoms with Crippen LogP contribution >= 0.6 is 0 Å². The first kappa shape index (κ1) is 17.9. The van der Waals surface area contributed by atoms with Crippen LogP contribution in [0.25, 0.3) is 0 Å². The van der Waals surface area contributed by atoms with Gasteiger partial charge in [-0.15, -0.1) is 0 Å². The summed E-state index contributed by atoms with van der Waals surface area (Å²) < 4.78 is 31.6. The van der Waals surface area contributed by atoms with Crippen molar-refractivity contribution >= 4 is 15.9 Å². The van der Waals surface area contributed by atoms with Crippen molar-refractivity contribution in [3.8, 4) is 0 Å². The molecule has 1 aromatic carbocycles. The number of imidazole rings is 1. The molecule has 3 N–H and O–H groups in total. The van der Waals surface area contributed by atoms with Crippen molar-refractivity contribution in [2.75, 3.05) is 0 Å². The topological polar surface area (TPSA) is 112 Å². The van der Waals surface area contributed by atoms with Crippen LogP contribution in [0, 0.1) is 0 Å². The van der Waals surface area contributed by atoms with E-state index < -0.39 is 22.0 Å². The Morgan fingerprint density at radius 1 is 1.19 bits per heavy atom. The molecule has 26 heavy (non-hydrogen) atoms. The maximum absolute atomic E-state index is 12.9. The third-order valence-corrected chi connectivity index (χ3v) is 5.46. The molecule has 0 aliphatic carbocycles. The maximum Gasteiger partial charge on any atom is 0.265 e. The molecule has 0 fully saturated rings. The summed E-state index contributed by atoms with van der Waals surface area (Å²) in [5.41, 5.74) is 6.13. The van der Waals surface area contributed by atoms with E-state index in [1.807, 2.05) is 30.3 Å². The van der Waals surface area contributed by atoms with E-state index in [0.29, 0.717) is 5.82 Å². The van der Waals surface area contributed by atoms with E-state index in [2.05, 4.69) is 9.71 Å². The molecule has 0 bridgehead atoms. The van der Waals surface area contributed by atoms with Gasteiger partial charge in [-0.3, -0.25) is 4.79 Å². The first-order valence-corrected chi connectivity index (χ1v) is 9.28. The third kappa shape index (κ3) is 3.39. The van der Waals surface area contributed by atoms with Crippen LogP contribution in [0.15, 0.2) is 59.9 Å². The van der Waals surface area contributed by atoms with Crippen LogP contribution in [-0.2, 0) is 24.1 Å². The van der Waals surface area contributed by atoms with Gasteiger partial charge in [0.25, 0.3) is 5.91 Å². The Labute approximate surface area is 151 Å². The summed E-state index contributed by atoms with van der Waals surface area (Å²) >= 11 is 0. The molecule has 1 unspecified atom stereocenters. The summed E-state index contributed by atoms with van der Waals surface area (Å²) in [6.45, 7) is 0. The van der Waals surface area contributed by atoms with Crippen LogP contribution in [-0.4, -0.2) is 28.4 Å². The molecule has 3 aromatic rings. The smallest absolute Gasteiger partial charge is 0.265 e. The number of hydrogen-bond acceptors (Lipinski definition) is 4. The highest BCUT2D eigenvalue weighted by atomic mass is 32.2. The summed E-state index contributed by atoms with van der Waals surface area (Å²) in [6.07, 6.45) is 4.70. The number of hydrogen-bond donors (Lipinski definition) is 2. The van der Waals surface area contributed by atoms with Gasteiger partial charge in [0, 0.05) is 32.7 Å². The fourth-order valence-electron chi connectivity index (χ4n) is 2.72. The van der Waals surface area contributed by atoms with Crippen molar-refractivity contribution in [2.45, 2.75) is 10.9 Å². The maximum atomic E-state index is 12.9. The van der Waals surface area contributed by atoms with Crippen LogP contribution in [0.1, 0.15) is 27.9 Å². The fraction of sp³-hybridized carbons (Fsp3) is 0.176. The second-order valence-electron chi connectivity index (χ2n) is 5.90. The summed E-state index contributed by atoms with van der Waals surface area (Å²) in [5.74, 6) is -0.150. The van der Waals surface area contributed by atoms with E-state index in [9.17, 15) is 13.2 Å². The lowest BCUT2D eigenvalue weighted by Gasteiger charge is -2.18. The highest BCUT2D eigenvalue weighted by molar-refractivity contribution is 7.89. The second-order valence-corrected chi connectivity index (χ2v) is 7.61. The van der Waals surface area contributed by atoms with Gasteiger partial charge in [0.2, 0.25) is 10.0 Å². The van der Waals surface area contributed by atoms with Gasteiger partial charge < -0.3 is 14.9 Å². The number of sulfonamides is 1. The lowest BCUT2D eigenvalue weighted by atomic mass is 10.1. The van der Waals surface area contributed by atoms with Crippen molar-refractivity contribution in [1.82, 2.24) is 18.8 Å². The Balaban J connectivity index is 2.03. The largest absolute Gasteiger partial charge is 0.364 e. The van der Waals surface area contributed by atoms with Gasteiger partial charge in [0.05, 0.1) is 0 Å². The monoisotopic (exact) mass is 373 g/mol. The molecule has 2 aromatic heterocycles. The van der Waals surface area contributed by atoms with Crippen molar-refractivity contribution in [3.63, 3.8) is 0 Å². The summed E-state index contributed by atoms with van der Waals surface area (Å²) in [4.78, 5) is 15.6. The van der Waals surface area contributed by atoms with E-state index in [1.165, 1.54) is 16.8 Å². The van der Waals surface area contributed by atoms with Gasteiger partial charge in [0.15, 0.2) is 0 Å². The zero-order chi connectivity index (χ0) is 18.9. The number of rotatable bonds is 6. The van der Waals surface area contributed by atoms with E-state index in [1.54, 1.807) is 31.1 Å². The minimum Gasteiger partial charge on any atom is -0.364 e. The molecule has 0 saturated carbocycles. The number of nitrogens with one attached hydrogen (secondary N) is 1. The number of primary amides is 1. The van der Waals surface area contributed by atoms with Gasteiger partial charge >= 0.3 is 0 Å². The molecule has 8 nitrogen and oxygen atoms in total. The molecule has 9 heteroatoms. The Kier molecular flexibility index (Phi) is 4.66. The van der Waals surface area contributed by atoms with Crippen LogP contribution in [0.2, 0.25) is 0 Å². The first-order chi connectivity index (χ1) is 12.3. The molecule has 2 heterocycles. The standard InChI is InChI=1S/C17H19N5O3S/c1-21-9-8-19-17(21)15(12-6-4-3-5-7-12)20-26(24,25)13-10-14(16(18)23)22(2)11-13/h3-11,15,20H,1-2H3,(H2,18,23). The average Bonchev–Trinajstić information content (AvgIpc) is 3.20. The summed E-state index contributed by atoms with van der Waals surface area (Å²) in [6, 6.07) is 9.72. The van der Waals surface area contributed by atoms with Crippen LogP contribution in [0.3, 0.4) is 0 Å². The van der Waals surface area contributed by atoms with Crippen LogP contribution < -0.4 is 10.5 Å². The number of aromatic nitrogens is 3. The summed E-state index contributed by atoms with van der Waals surface area (Å²) in [5, 5.41) is 0. The Morgan fingerprint density at radius 2 is 1.88 bits per heavy atom. The minimum atomic E-state index is -3.92. The number of carbonyl (C=O) groups is 1. The summed E-state index contributed by atoms with van der Waals surface area (Å²) in [7, 11) is -0.564. The van der Waals surface area contributed by atoms with Crippen molar-refractivity contribution in [3.05, 3.63) is 72.1 Å². The molecule has 0 aliphatic heterocycles. The molecular weight excluding hydrogens is 354 g/mol. The molecule has 0 radical (unpaired) electrons. The molecule has 136 valence electrons. The molecular formula is C17H19N5O3S. The fourth-order valence-corrected chi connectivity index (χ4v) is 3.97. The number of benzene rings is 1. The quantitative estimate of drug-likeness (QED) is 0.669. The van der Waals surface area contributed by atoms with E-state index in [-0.39, 0.29) is 10.6 Å². The van der Waals surface area contributed by atoms with Crippen molar-refractivity contribution in [1.29, 1.82) is 0 Å². The number of aryl methyl sites for hydroxylation is 2. The van der Waals surface area contributed by atoms with E-state index >= 15 is 0 Å². The number of nitrogens with two attached hydrogens (primary N) is 1. The molecule has 1 amide bonds. The minimum absolute atomic E-state index is 0.0380. The number of carbonyl (C=O) groups excluding carboxylic acids is 1. The van der Waals surface area contributed by atoms with Gasteiger partial charge in [-0.05, 0) is 11.6 Å². The molecule has 0 aliphatic rings. The Hall–Kier alpha value is -2.91.